The third-order valence-electron chi connectivity index (χ3n) is 3.64. The predicted molar refractivity (Wildman–Crippen MR) is 87.2 cm³/mol. The van der Waals surface area contributed by atoms with Gasteiger partial charge in [0.15, 0.2) is 6.29 Å². The first-order valence-electron chi connectivity index (χ1n) is 8.53. The number of carbonyl (C=O) groups is 2. The summed E-state index contributed by atoms with van der Waals surface area (Å²) >= 11 is 0. The summed E-state index contributed by atoms with van der Waals surface area (Å²) in [5, 5.41) is 8.51. The van der Waals surface area contributed by atoms with E-state index in [1.165, 1.54) is 0 Å². The van der Waals surface area contributed by atoms with E-state index in [0.717, 1.165) is 57.8 Å². The highest BCUT2D eigenvalue weighted by molar-refractivity contribution is 5.69. The average Bonchev–Trinajstić information content (AvgIpc) is 2.53. The van der Waals surface area contributed by atoms with E-state index in [-0.39, 0.29) is 18.7 Å². The fraction of sp³-hybridized carbons (Fsp3) is 0.882. The second kappa shape index (κ2) is 15.7. The number of hydrogen-bond acceptors (Lipinski definition) is 5. The molecule has 0 atom stereocenters. The van der Waals surface area contributed by atoms with Gasteiger partial charge in [-0.25, -0.2) is 0 Å². The Morgan fingerprint density at radius 2 is 1.39 bits per heavy atom. The molecule has 23 heavy (non-hydrogen) atoms. The zero-order chi connectivity index (χ0) is 17.3. The fourth-order valence-electron chi connectivity index (χ4n) is 2.26. The third-order valence-corrected chi connectivity index (χ3v) is 3.64. The number of methoxy groups -OCH3 is 2. The molecule has 136 valence electrons. The first-order valence-corrected chi connectivity index (χ1v) is 8.53. The molecule has 0 radical (unpaired) electrons. The van der Waals surface area contributed by atoms with Crippen LogP contribution >= 0.6 is 0 Å². The lowest BCUT2D eigenvalue weighted by molar-refractivity contribution is -0.144. The van der Waals surface area contributed by atoms with Gasteiger partial charge in [0.05, 0.1) is 6.61 Å². The van der Waals surface area contributed by atoms with Crippen LogP contribution in [0.5, 0.6) is 0 Å². The van der Waals surface area contributed by atoms with E-state index in [1.54, 1.807) is 14.2 Å². The van der Waals surface area contributed by atoms with Crippen LogP contribution in [0.4, 0.5) is 0 Å². The molecule has 0 saturated carbocycles. The summed E-state index contributed by atoms with van der Waals surface area (Å²) in [6.07, 6.45) is 8.65. The van der Waals surface area contributed by atoms with Crippen LogP contribution in [0.25, 0.3) is 0 Å². The lowest BCUT2D eigenvalue weighted by Gasteiger charge is -2.12. The molecule has 0 aliphatic carbocycles. The lowest BCUT2D eigenvalue weighted by Crippen LogP contribution is -2.13. The third kappa shape index (κ3) is 15.5. The Bertz CT molecular complexity index is 301. The number of esters is 1. The van der Waals surface area contributed by atoms with Crippen molar-refractivity contribution in [3.05, 3.63) is 0 Å². The molecule has 0 saturated heterocycles. The van der Waals surface area contributed by atoms with Gasteiger partial charge in [-0.1, -0.05) is 25.7 Å². The minimum Gasteiger partial charge on any atom is -0.481 e. The fourth-order valence-corrected chi connectivity index (χ4v) is 2.26. The molecule has 0 fully saturated rings. The van der Waals surface area contributed by atoms with Crippen LogP contribution in [-0.4, -0.2) is 44.2 Å². The van der Waals surface area contributed by atoms with Crippen molar-refractivity contribution in [1.82, 2.24) is 0 Å². The van der Waals surface area contributed by atoms with Crippen LogP contribution in [0.1, 0.15) is 70.6 Å². The minimum absolute atomic E-state index is 0.133. The molecule has 0 unspecified atom stereocenters. The summed E-state index contributed by atoms with van der Waals surface area (Å²) in [5.41, 5.74) is 0. The Morgan fingerprint density at radius 1 is 0.826 bits per heavy atom. The van der Waals surface area contributed by atoms with Crippen molar-refractivity contribution in [1.29, 1.82) is 0 Å². The summed E-state index contributed by atoms with van der Waals surface area (Å²) < 4.78 is 15.3. The van der Waals surface area contributed by atoms with Gasteiger partial charge in [0.1, 0.15) is 0 Å². The molecule has 0 aliphatic heterocycles. The van der Waals surface area contributed by atoms with Crippen molar-refractivity contribution in [2.75, 3.05) is 20.8 Å². The van der Waals surface area contributed by atoms with Gasteiger partial charge in [0, 0.05) is 27.1 Å². The molecule has 1 N–H and O–H groups in total. The van der Waals surface area contributed by atoms with Crippen LogP contribution in [-0.2, 0) is 23.8 Å². The Hall–Kier alpha value is -1.14. The number of rotatable bonds is 16. The predicted octanol–water partition coefficient (Wildman–Crippen LogP) is 3.52. The average molecular weight is 332 g/mol. The Morgan fingerprint density at radius 3 is 1.96 bits per heavy atom. The summed E-state index contributed by atoms with van der Waals surface area (Å²) in [7, 11) is 3.22. The van der Waals surface area contributed by atoms with Gasteiger partial charge in [-0.05, 0) is 32.1 Å². The highest BCUT2D eigenvalue weighted by Crippen LogP contribution is 2.09. The molecular weight excluding hydrogens is 300 g/mol. The van der Waals surface area contributed by atoms with Crippen LogP contribution in [0.2, 0.25) is 0 Å². The van der Waals surface area contributed by atoms with E-state index < -0.39 is 5.97 Å². The van der Waals surface area contributed by atoms with Crippen LogP contribution in [0, 0.1) is 0 Å². The normalized spacial score (nSPS) is 10.9. The molecule has 6 nitrogen and oxygen atoms in total. The number of ether oxygens (including phenoxy) is 3. The van der Waals surface area contributed by atoms with E-state index in [1.807, 2.05) is 0 Å². The van der Waals surface area contributed by atoms with E-state index in [4.69, 9.17) is 19.3 Å². The van der Waals surface area contributed by atoms with E-state index in [9.17, 15) is 9.59 Å². The maximum atomic E-state index is 11.5. The number of carbonyl (C=O) groups excluding carboxylic acids is 1. The van der Waals surface area contributed by atoms with Gasteiger partial charge in [0.2, 0.25) is 0 Å². The highest BCUT2D eigenvalue weighted by Gasteiger charge is 2.06. The molecule has 6 heteroatoms. The number of hydrogen-bond donors (Lipinski definition) is 1. The molecule has 0 aromatic carbocycles. The molecule has 0 aromatic heterocycles. The number of carboxylic acids is 1. The van der Waals surface area contributed by atoms with Crippen molar-refractivity contribution in [2.24, 2.45) is 0 Å². The van der Waals surface area contributed by atoms with Gasteiger partial charge in [-0.2, -0.15) is 0 Å². The first-order chi connectivity index (χ1) is 11.1. The van der Waals surface area contributed by atoms with Crippen molar-refractivity contribution < 1.29 is 28.9 Å². The van der Waals surface area contributed by atoms with Crippen LogP contribution in [0.3, 0.4) is 0 Å². The topological polar surface area (TPSA) is 82.1 Å². The van der Waals surface area contributed by atoms with Gasteiger partial charge in [0.25, 0.3) is 0 Å². The second-order valence-corrected chi connectivity index (χ2v) is 5.63. The number of carboxylic acid groups (broad SMARTS) is 1. The van der Waals surface area contributed by atoms with Crippen molar-refractivity contribution in [3.63, 3.8) is 0 Å². The molecule has 0 spiro atoms. The van der Waals surface area contributed by atoms with E-state index >= 15 is 0 Å². The second-order valence-electron chi connectivity index (χ2n) is 5.63. The lowest BCUT2D eigenvalue weighted by atomic mass is 10.1. The van der Waals surface area contributed by atoms with Crippen LogP contribution < -0.4 is 0 Å². The van der Waals surface area contributed by atoms with Gasteiger partial charge >= 0.3 is 11.9 Å². The zero-order valence-corrected chi connectivity index (χ0v) is 14.6. The first kappa shape index (κ1) is 21.9. The summed E-state index contributed by atoms with van der Waals surface area (Å²) in [4.78, 5) is 21.9. The van der Waals surface area contributed by atoms with Gasteiger partial charge < -0.3 is 19.3 Å². The van der Waals surface area contributed by atoms with Crippen molar-refractivity contribution in [3.8, 4) is 0 Å². The molecule has 0 rings (SSSR count). The molecule has 0 heterocycles. The standard InChI is InChI=1S/C17H32O6/c1-21-17(22-2)13-9-10-14-23-16(20)12-8-6-4-3-5-7-11-15(18)19/h17H,3-14H2,1-2H3,(H,18,19). The van der Waals surface area contributed by atoms with E-state index in [2.05, 4.69) is 0 Å². The van der Waals surface area contributed by atoms with Crippen molar-refractivity contribution >= 4 is 11.9 Å². The zero-order valence-electron chi connectivity index (χ0n) is 14.6. The molecule has 0 amide bonds. The van der Waals surface area contributed by atoms with Crippen LogP contribution in [0.15, 0.2) is 0 Å². The summed E-state index contributed by atoms with van der Waals surface area (Å²) in [6.45, 7) is 0.453. The monoisotopic (exact) mass is 332 g/mol. The number of unbranched alkanes of at least 4 members (excludes halogenated alkanes) is 6. The Kier molecular flexibility index (Phi) is 15.0. The molecule has 0 aliphatic rings. The highest BCUT2D eigenvalue weighted by atomic mass is 16.7. The summed E-state index contributed by atoms with van der Waals surface area (Å²) in [5.74, 6) is -0.862. The quantitative estimate of drug-likeness (QED) is 0.264. The van der Waals surface area contributed by atoms with Gasteiger partial charge in [-0.15, -0.1) is 0 Å². The minimum atomic E-state index is -0.729. The van der Waals surface area contributed by atoms with Crippen molar-refractivity contribution in [2.45, 2.75) is 76.9 Å². The maximum absolute atomic E-state index is 11.5. The molecule has 0 aromatic rings. The number of aliphatic carboxylic acids is 1. The molecular formula is C17H32O6. The summed E-state index contributed by atoms with van der Waals surface area (Å²) in [6, 6.07) is 0. The van der Waals surface area contributed by atoms with E-state index in [0.29, 0.717) is 13.0 Å². The Balaban J connectivity index is 3.29. The largest absolute Gasteiger partial charge is 0.481 e. The Labute approximate surface area is 139 Å². The SMILES string of the molecule is COC(CCCCOC(=O)CCCCCCCCC(=O)O)OC. The maximum Gasteiger partial charge on any atom is 0.305 e. The smallest absolute Gasteiger partial charge is 0.305 e. The molecule has 0 bridgehead atoms. The van der Waals surface area contributed by atoms with Gasteiger partial charge in [-0.3, -0.25) is 9.59 Å².